The second-order valence-corrected chi connectivity index (χ2v) is 10.4. The maximum absolute atomic E-state index is 4.72. The van der Waals surface area contributed by atoms with Crippen molar-refractivity contribution in [2.45, 2.75) is 13.8 Å². The number of aromatic nitrogens is 2. The lowest BCUT2D eigenvalue weighted by molar-refractivity contribution is 1.21. The molecule has 0 unspecified atom stereocenters. The second kappa shape index (κ2) is 9.91. The minimum absolute atomic E-state index is 1.00. The van der Waals surface area contributed by atoms with Gasteiger partial charge in [-0.25, -0.2) is 0 Å². The van der Waals surface area contributed by atoms with Crippen molar-refractivity contribution in [1.82, 2.24) is 9.97 Å². The van der Waals surface area contributed by atoms with Crippen LogP contribution in [0.2, 0.25) is 0 Å². The number of rotatable bonds is 4. The Kier molecular flexibility index (Phi) is 5.94. The van der Waals surface area contributed by atoms with Gasteiger partial charge in [0.15, 0.2) is 0 Å². The van der Waals surface area contributed by atoms with Crippen molar-refractivity contribution in [1.29, 1.82) is 0 Å². The van der Waals surface area contributed by atoms with Gasteiger partial charge in [0.25, 0.3) is 0 Å². The summed E-state index contributed by atoms with van der Waals surface area (Å²) < 4.78 is 0. The summed E-state index contributed by atoms with van der Waals surface area (Å²) in [7, 11) is 0. The number of aryl methyl sites for hydroxylation is 2. The monoisotopic (exact) mass is 512 g/mol. The van der Waals surface area contributed by atoms with Crippen molar-refractivity contribution in [3.63, 3.8) is 0 Å². The van der Waals surface area contributed by atoms with E-state index in [1.54, 1.807) is 0 Å². The van der Waals surface area contributed by atoms with Gasteiger partial charge in [-0.2, -0.15) is 0 Å². The quantitative estimate of drug-likeness (QED) is 0.219. The molecule has 2 heteroatoms. The first-order chi connectivity index (χ1) is 19.7. The molecule has 0 aliphatic carbocycles. The SMILES string of the molecule is Cc1cccc(-c2ccc(-c3c4ccccc4c(-c4ccc(-c5cnccc5C)cc4)c4ccccc34)cc2)n1. The standard InChI is InChI=1S/C38H28N2/c1-25-22-23-39-24-35(25)27-14-18-29(19-15-27)37-31-9-3-5-11-33(31)38(34-12-6-4-10-32(34)37)30-20-16-28(17-21-30)36-13-7-8-26(2)40-36/h3-24H,1-2H3. The van der Waals surface area contributed by atoms with E-state index in [0.29, 0.717) is 0 Å². The molecule has 0 radical (unpaired) electrons. The van der Waals surface area contributed by atoms with Crippen molar-refractivity contribution < 1.29 is 0 Å². The third-order valence-corrected chi connectivity index (χ3v) is 7.81. The lowest BCUT2D eigenvalue weighted by atomic mass is 9.85. The van der Waals surface area contributed by atoms with Crippen LogP contribution in [0.4, 0.5) is 0 Å². The fourth-order valence-corrected chi connectivity index (χ4v) is 5.84. The van der Waals surface area contributed by atoms with Gasteiger partial charge in [0.1, 0.15) is 0 Å². The zero-order valence-electron chi connectivity index (χ0n) is 22.6. The maximum Gasteiger partial charge on any atom is 0.0705 e. The first-order valence-electron chi connectivity index (χ1n) is 13.7. The predicted molar refractivity (Wildman–Crippen MR) is 168 cm³/mol. The van der Waals surface area contributed by atoms with Crippen LogP contribution in [-0.4, -0.2) is 9.97 Å². The largest absolute Gasteiger partial charge is 0.264 e. The third kappa shape index (κ3) is 4.15. The molecule has 2 heterocycles. The molecule has 0 amide bonds. The van der Waals surface area contributed by atoms with E-state index in [4.69, 9.17) is 4.98 Å². The summed E-state index contributed by atoms with van der Waals surface area (Å²) in [4.78, 5) is 9.06. The molecule has 0 fully saturated rings. The van der Waals surface area contributed by atoms with Gasteiger partial charge < -0.3 is 0 Å². The van der Waals surface area contributed by atoms with E-state index in [0.717, 1.165) is 17.0 Å². The fourth-order valence-electron chi connectivity index (χ4n) is 5.84. The molecule has 190 valence electrons. The number of benzene rings is 5. The number of fused-ring (bicyclic) bond motifs is 2. The minimum Gasteiger partial charge on any atom is -0.264 e. The van der Waals surface area contributed by atoms with Gasteiger partial charge in [-0.3, -0.25) is 9.97 Å². The topological polar surface area (TPSA) is 25.8 Å². The molecule has 7 rings (SSSR count). The summed E-state index contributed by atoms with van der Waals surface area (Å²) in [5.74, 6) is 0. The molecule has 0 spiro atoms. The molecule has 0 bridgehead atoms. The molecule has 40 heavy (non-hydrogen) atoms. The van der Waals surface area contributed by atoms with Crippen LogP contribution in [0.15, 0.2) is 134 Å². The second-order valence-electron chi connectivity index (χ2n) is 10.4. The average molecular weight is 513 g/mol. The van der Waals surface area contributed by atoms with Crippen LogP contribution < -0.4 is 0 Å². The average Bonchev–Trinajstić information content (AvgIpc) is 3.00. The van der Waals surface area contributed by atoms with Crippen molar-refractivity contribution in [2.75, 3.05) is 0 Å². The molecule has 0 saturated heterocycles. The summed E-state index contributed by atoms with van der Waals surface area (Å²) >= 11 is 0. The maximum atomic E-state index is 4.72. The highest BCUT2D eigenvalue weighted by Crippen LogP contribution is 2.44. The van der Waals surface area contributed by atoms with Gasteiger partial charge in [-0.1, -0.05) is 103 Å². The van der Waals surface area contributed by atoms with Gasteiger partial charge in [0, 0.05) is 29.2 Å². The summed E-state index contributed by atoms with van der Waals surface area (Å²) in [6.07, 6.45) is 3.80. The molecular formula is C38H28N2. The molecule has 2 aromatic heterocycles. The smallest absolute Gasteiger partial charge is 0.0705 e. The Morgan fingerprint density at radius 3 is 1.45 bits per heavy atom. The highest BCUT2D eigenvalue weighted by atomic mass is 14.7. The molecule has 7 aromatic rings. The minimum atomic E-state index is 1.00. The van der Waals surface area contributed by atoms with Crippen molar-refractivity contribution in [3.8, 4) is 44.6 Å². The van der Waals surface area contributed by atoms with Crippen molar-refractivity contribution in [2.24, 2.45) is 0 Å². The Morgan fingerprint density at radius 1 is 0.450 bits per heavy atom. The Hall–Kier alpha value is -5.08. The molecule has 2 nitrogen and oxygen atoms in total. The summed E-state index contributed by atoms with van der Waals surface area (Å²) in [6, 6.07) is 43.6. The van der Waals surface area contributed by atoms with Crippen LogP contribution in [0.1, 0.15) is 11.3 Å². The van der Waals surface area contributed by atoms with Crippen molar-refractivity contribution >= 4 is 21.5 Å². The van der Waals surface area contributed by atoms with E-state index in [1.807, 2.05) is 25.4 Å². The summed E-state index contributed by atoms with van der Waals surface area (Å²) in [5.41, 5.74) is 11.7. The Balaban J connectivity index is 1.41. The third-order valence-electron chi connectivity index (χ3n) is 7.81. The Morgan fingerprint density at radius 2 is 0.950 bits per heavy atom. The van der Waals surface area contributed by atoms with Gasteiger partial charge in [-0.15, -0.1) is 0 Å². The van der Waals surface area contributed by atoms with E-state index < -0.39 is 0 Å². The summed E-state index contributed by atoms with van der Waals surface area (Å²) in [6.45, 7) is 4.17. The van der Waals surface area contributed by atoms with Crippen LogP contribution >= 0.6 is 0 Å². The number of pyridine rings is 2. The zero-order valence-corrected chi connectivity index (χ0v) is 22.6. The van der Waals surface area contributed by atoms with E-state index >= 15 is 0 Å². The van der Waals surface area contributed by atoms with Crippen LogP contribution in [0, 0.1) is 13.8 Å². The van der Waals surface area contributed by atoms with Crippen LogP contribution in [0.5, 0.6) is 0 Å². The van der Waals surface area contributed by atoms with E-state index in [2.05, 4.69) is 127 Å². The molecule has 0 aliphatic rings. The number of hydrogen-bond acceptors (Lipinski definition) is 2. The van der Waals surface area contributed by atoms with Crippen LogP contribution in [0.3, 0.4) is 0 Å². The first kappa shape index (κ1) is 24.0. The Labute approximate surface area is 234 Å². The molecule has 5 aromatic carbocycles. The van der Waals surface area contributed by atoms with Gasteiger partial charge >= 0.3 is 0 Å². The van der Waals surface area contributed by atoms with E-state index in [9.17, 15) is 0 Å². The normalized spacial score (nSPS) is 11.2. The Bertz CT molecular complexity index is 1950. The zero-order chi connectivity index (χ0) is 27.1. The molecule has 0 N–H and O–H groups in total. The lowest BCUT2D eigenvalue weighted by Gasteiger charge is -2.18. The molecule has 0 atom stereocenters. The first-order valence-corrected chi connectivity index (χ1v) is 13.7. The van der Waals surface area contributed by atoms with Crippen LogP contribution in [-0.2, 0) is 0 Å². The highest BCUT2D eigenvalue weighted by Gasteiger charge is 2.16. The molecule has 0 saturated carbocycles. The lowest BCUT2D eigenvalue weighted by Crippen LogP contribution is -1.91. The molecular weight excluding hydrogens is 484 g/mol. The van der Waals surface area contributed by atoms with E-state index in [1.165, 1.54) is 60.5 Å². The van der Waals surface area contributed by atoms with E-state index in [-0.39, 0.29) is 0 Å². The number of nitrogens with zero attached hydrogens (tertiary/aromatic N) is 2. The van der Waals surface area contributed by atoms with Crippen molar-refractivity contribution in [3.05, 3.63) is 145 Å². The fraction of sp³-hybridized carbons (Fsp3) is 0.0526. The summed E-state index contributed by atoms with van der Waals surface area (Å²) in [5, 5.41) is 5.02. The van der Waals surface area contributed by atoms with Gasteiger partial charge in [-0.05, 0) is 87.0 Å². The predicted octanol–water partition coefficient (Wildman–Crippen LogP) is 10.1. The molecule has 0 aliphatic heterocycles. The number of hydrogen-bond donors (Lipinski definition) is 0. The van der Waals surface area contributed by atoms with Crippen LogP contribution in [0.25, 0.3) is 66.2 Å². The van der Waals surface area contributed by atoms with Gasteiger partial charge in [0.05, 0.1) is 5.69 Å². The van der Waals surface area contributed by atoms with Gasteiger partial charge in [0.2, 0.25) is 0 Å². The highest BCUT2D eigenvalue weighted by molar-refractivity contribution is 6.21.